The van der Waals surface area contributed by atoms with Crippen LogP contribution in [-0.4, -0.2) is 77.9 Å². The predicted octanol–water partition coefficient (Wildman–Crippen LogP) is 3.97. The number of amides is 4. The molecule has 198 valence electrons. The molecule has 0 radical (unpaired) electrons. The number of carbonyl (C=O) groups is 3. The molecule has 1 unspecified atom stereocenters. The minimum absolute atomic E-state index is 0.0115. The second-order valence-corrected chi connectivity index (χ2v) is 10.7. The van der Waals surface area contributed by atoms with Crippen molar-refractivity contribution in [2.24, 2.45) is 0 Å². The molecule has 4 rings (SSSR count). The third-order valence-corrected chi connectivity index (χ3v) is 7.62. The maximum atomic E-state index is 13.8. The maximum Gasteiger partial charge on any atom is 0.317 e. The predicted molar refractivity (Wildman–Crippen MR) is 146 cm³/mol. The van der Waals surface area contributed by atoms with Crippen LogP contribution in [0.25, 0.3) is 0 Å². The van der Waals surface area contributed by atoms with Crippen molar-refractivity contribution in [2.75, 3.05) is 44.6 Å². The van der Waals surface area contributed by atoms with Gasteiger partial charge in [-0.15, -0.1) is 0 Å². The Morgan fingerprint density at radius 2 is 1.73 bits per heavy atom. The number of anilines is 1. The van der Waals surface area contributed by atoms with Crippen LogP contribution in [-0.2, 0) is 21.5 Å². The van der Waals surface area contributed by atoms with Gasteiger partial charge in [-0.05, 0) is 43.7 Å². The van der Waals surface area contributed by atoms with E-state index in [1.165, 1.54) is 0 Å². The number of carbonyl (C=O) groups excluding carboxylic acids is 3. The number of fused-ring (bicyclic) bond motifs is 1. The summed E-state index contributed by atoms with van der Waals surface area (Å²) in [4.78, 5) is 43.8. The molecule has 2 aliphatic rings. The van der Waals surface area contributed by atoms with Crippen LogP contribution in [0, 0.1) is 0 Å². The fourth-order valence-electron chi connectivity index (χ4n) is 5.34. The Kier molecular flexibility index (Phi) is 8.31. The summed E-state index contributed by atoms with van der Waals surface area (Å²) in [6.45, 7) is 8.49. The number of nitrogens with zero attached hydrogens (tertiary/aromatic N) is 3. The van der Waals surface area contributed by atoms with Gasteiger partial charge in [-0.1, -0.05) is 41.4 Å². The summed E-state index contributed by atoms with van der Waals surface area (Å²) in [5.74, 6) is -0.112. The SMILES string of the molecule is CC(=O)N1CCN(C(=O)NCCN(C(C)C)C2(Cc3cccc(Cl)c3)C(=O)Nc3cc(Cl)ccc32)CC1. The Balaban J connectivity index is 1.56. The largest absolute Gasteiger partial charge is 0.339 e. The Labute approximate surface area is 227 Å². The molecule has 0 spiro atoms. The van der Waals surface area contributed by atoms with Crippen LogP contribution < -0.4 is 10.6 Å². The summed E-state index contributed by atoms with van der Waals surface area (Å²) in [5.41, 5.74) is 1.47. The average Bonchev–Trinajstić information content (AvgIpc) is 3.11. The third kappa shape index (κ3) is 5.71. The smallest absolute Gasteiger partial charge is 0.317 e. The van der Waals surface area contributed by atoms with Gasteiger partial charge in [0.1, 0.15) is 5.54 Å². The fraction of sp³-hybridized carbons (Fsp3) is 0.444. The van der Waals surface area contributed by atoms with Crippen LogP contribution in [0.4, 0.5) is 10.5 Å². The molecule has 37 heavy (non-hydrogen) atoms. The standard InChI is InChI=1S/C27H33Cl2N5O3/c1-18(2)34(10-9-30-26(37)33-13-11-32(12-14-33)19(3)35)27(17-20-5-4-6-21(28)15-20)23-8-7-22(29)16-24(23)31-25(27)36/h4-8,15-16,18H,9-14,17H2,1-3H3,(H,30,37)(H,31,36). The first kappa shape index (κ1) is 27.2. The number of hydrogen-bond donors (Lipinski definition) is 2. The van der Waals surface area contributed by atoms with E-state index in [2.05, 4.69) is 15.5 Å². The number of nitrogens with one attached hydrogen (secondary N) is 2. The summed E-state index contributed by atoms with van der Waals surface area (Å²) in [7, 11) is 0. The van der Waals surface area contributed by atoms with Gasteiger partial charge in [0.2, 0.25) is 11.8 Å². The molecule has 2 aliphatic heterocycles. The molecular formula is C27H33Cl2N5O3. The highest BCUT2D eigenvalue weighted by atomic mass is 35.5. The van der Waals surface area contributed by atoms with Gasteiger partial charge in [0.15, 0.2) is 0 Å². The van der Waals surface area contributed by atoms with Crippen molar-refractivity contribution in [3.63, 3.8) is 0 Å². The van der Waals surface area contributed by atoms with Crippen molar-refractivity contribution in [3.05, 3.63) is 63.6 Å². The number of hydrogen-bond acceptors (Lipinski definition) is 4. The first-order chi connectivity index (χ1) is 17.6. The van der Waals surface area contributed by atoms with Crippen molar-refractivity contribution in [1.82, 2.24) is 20.0 Å². The highest BCUT2D eigenvalue weighted by molar-refractivity contribution is 6.31. The van der Waals surface area contributed by atoms with E-state index in [0.29, 0.717) is 61.4 Å². The van der Waals surface area contributed by atoms with E-state index >= 15 is 0 Å². The van der Waals surface area contributed by atoms with E-state index in [-0.39, 0.29) is 23.9 Å². The Bertz CT molecular complexity index is 1180. The molecule has 1 atom stereocenters. The molecule has 2 heterocycles. The van der Waals surface area contributed by atoms with Gasteiger partial charge in [-0.2, -0.15) is 0 Å². The highest BCUT2D eigenvalue weighted by Crippen LogP contribution is 2.45. The molecule has 2 N–H and O–H groups in total. The quantitative estimate of drug-likeness (QED) is 0.551. The normalized spacial score (nSPS) is 19.3. The molecule has 4 amide bonds. The molecule has 2 aromatic rings. The molecule has 1 saturated heterocycles. The number of rotatable bonds is 7. The van der Waals surface area contributed by atoms with Gasteiger partial charge in [0, 0.05) is 80.0 Å². The van der Waals surface area contributed by atoms with Gasteiger partial charge in [0.05, 0.1) is 0 Å². The lowest BCUT2D eigenvalue weighted by Gasteiger charge is -2.43. The second kappa shape index (κ2) is 11.3. The zero-order chi connectivity index (χ0) is 26.7. The van der Waals surface area contributed by atoms with Gasteiger partial charge in [0.25, 0.3) is 0 Å². The topological polar surface area (TPSA) is 85.0 Å². The lowest BCUT2D eigenvalue weighted by atomic mass is 9.82. The number of urea groups is 1. The lowest BCUT2D eigenvalue weighted by molar-refractivity contribution is -0.130. The van der Waals surface area contributed by atoms with Crippen molar-refractivity contribution < 1.29 is 14.4 Å². The Morgan fingerprint density at radius 1 is 1.05 bits per heavy atom. The number of piperazine rings is 1. The van der Waals surface area contributed by atoms with E-state index in [1.807, 2.05) is 44.2 Å². The van der Waals surface area contributed by atoms with Gasteiger partial charge in [-0.3, -0.25) is 14.5 Å². The van der Waals surface area contributed by atoms with Crippen LogP contribution in [0.2, 0.25) is 10.0 Å². The van der Waals surface area contributed by atoms with Crippen LogP contribution in [0.5, 0.6) is 0 Å². The minimum atomic E-state index is -1.00. The lowest BCUT2D eigenvalue weighted by Crippen LogP contribution is -2.58. The Morgan fingerprint density at radius 3 is 2.38 bits per heavy atom. The van der Waals surface area contributed by atoms with Gasteiger partial charge < -0.3 is 20.4 Å². The summed E-state index contributed by atoms with van der Waals surface area (Å²) >= 11 is 12.5. The summed E-state index contributed by atoms with van der Waals surface area (Å²) in [6, 6.07) is 12.8. The molecule has 8 nitrogen and oxygen atoms in total. The summed E-state index contributed by atoms with van der Waals surface area (Å²) in [6.07, 6.45) is 0.410. The fourth-order valence-corrected chi connectivity index (χ4v) is 5.73. The molecule has 1 fully saturated rings. The molecular weight excluding hydrogens is 513 g/mol. The monoisotopic (exact) mass is 545 g/mol. The third-order valence-electron chi connectivity index (χ3n) is 7.15. The first-order valence-electron chi connectivity index (χ1n) is 12.5. The van der Waals surface area contributed by atoms with Crippen LogP contribution >= 0.6 is 23.2 Å². The zero-order valence-corrected chi connectivity index (χ0v) is 22.9. The average molecular weight is 546 g/mol. The van der Waals surface area contributed by atoms with Crippen molar-refractivity contribution in [2.45, 2.75) is 38.8 Å². The van der Waals surface area contributed by atoms with E-state index in [0.717, 1.165) is 11.1 Å². The number of benzene rings is 2. The molecule has 0 saturated carbocycles. The van der Waals surface area contributed by atoms with E-state index < -0.39 is 5.54 Å². The van der Waals surface area contributed by atoms with E-state index in [1.54, 1.807) is 28.9 Å². The summed E-state index contributed by atoms with van der Waals surface area (Å²) in [5, 5.41) is 7.20. The van der Waals surface area contributed by atoms with Gasteiger partial charge >= 0.3 is 6.03 Å². The molecule has 0 bridgehead atoms. The van der Waals surface area contributed by atoms with Crippen molar-refractivity contribution in [3.8, 4) is 0 Å². The van der Waals surface area contributed by atoms with Crippen LogP contribution in [0.1, 0.15) is 31.9 Å². The molecule has 10 heteroatoms. The Hall–Kier alpha value is -2.81. The van der Waals surface area contributed by atoms with Crippen LogP contribution in [0.15, 0.2) is 42.5 Å². The molecule has 2 aromatic carbocycles. The molecule has 0 aromatic heterocycles. The second-order valence-electron chi connectivity index (χ2n) is 9.82. The highest BCUT2D eigenvalue weighted by Gasteiger charge is 2.52. The van der Waals surface area contributed by atoms with E-state index in [9.17, 15) is 14.4 Å². The maximum absolute atomic E-state index is 13.8. The molecule has 0 aliphatic carbocycles. The number of halogens is 2. The van der Waals surface area contributed by atoms with E-state index in [4.69, 9.17) is 23.2 Å². The summed E-state index contributed by atoms with van der Waals surface area (Å²) < 4.78 is 0. The minimum Gasteiger partial charge on any atom is -0.339 e. The van der Waals surface area contributed by atoms with Gasteiger partial charge in [-0.25, -0.2) is 4.79 Å². The first-order valence-corrected chi connectivity index (χ1v) is 13.3. The van der Waals surface area contributed by atoms with Crippen molar-refractivity contribution in [1.29, 1.82) is 0 Å². The van der Waals surface area contributed by atoms with Crippen LogP contribution in [0.3, 0.4) is 0 Å². The van der Waals surface area contributed by atoms with Crippen molar-refractivity contribution >= 4 is 46.7 Å². The zero-order valence-electron chi connectivity index (χ0n) is 21.4.